The van der Waals surface area contributed by atoms with E-state index in [4.69, 9.17) is 0 Å². The molecule has 0 unspecified atom stereocenters. The molecule has 0 saturated carbocycles. The molecule has 0 aliphatic heterocycles. The second kappa shape index (κ2) is 4.14. The molecular formula is C13H20Si. The van der Waals surface area contributed by atoms with Crippen molar-refractivity contribution in [2.75, 3.05) is 0 Å². The molecule has 1 aromatic carbocycles. The zero-order valence-electron chi connectivity index (χ0n) is 9.89. The Morgan fingerprint density at radius 3 is 2.21 bits per heavy atom. The molecule has 1 heteroatoms. The summed E-state index contributed by atoms with van der Waals surface area (Å²) in [5.41, 5.74) is 2.73. The van der Waals surface area contributed by atoms with Gasteiger partial charge < -0.3 is 0 Å². The molecule has 1 rings (SSSR count). The van der Waals surface area contributed by atoms with Gasteiger partial charge in [0.15, 0.2) is 0 Å². The Hall–Kier alpha value is -0.823. The number of allylic oxidation sites excluding steroid dienone is 1. The molecule has 0 saturated heterocycles. The summed E-state index contributed by atoms with van der Waals surface area (Å²) in [5.74, 6) is 0. The first-order valence-electron chi connectivity index (χ1n) is 5.15. The highest BCUT2D eigenvalue weighted by Crippen LogP contribution is 2.19. The van der Waals surface area contributed by atoms with Gasteiger partial charge in [-0.1, -0.05) is 55.2 Å². The van der Waals surface area contributed by atoms with E-state index in [1.54, 1.807) is 5.20 Å². The number of hydrogen-bond acceptors (Lipinski definition) is 0. The molecule has 0 aliphatic carbocycles. The van der Waals surface area contributed by atoms with Gasteiger partial charge in [0.1, 0.15) is 0 Å². The fourth-order valence-corrected chi connectivity index (χ4v) is 1.79. The number of benzene rings is 1. The van der Waals surface area contributed by atoms with Crippen molar-refractivity contribution in [3.05, 3.63) is 40.6 Å². The molecule has 0 atom stereocenters. The minimum absolute atomic E-state index is 1.11. The largest absolute Gasteiger partial charge is 0.0835 e. The van der Waals surface area contributed by atoms with Crippen LogP contribution in [0.25, 0.3) is 6.08 Å². The van der Waals surface area contributed by atoms with E-state index < -0.39 is 8.07 Å². The third-order valence-corrected chi connectivity index (χ3v) is 5.25. The first kappa shape index (κ1) is 11.3. The molecular weight excluding hydrogens is 184 g/mol. The summed E-state index contributed by atoms with van der Waals surface area (Å²) in [6.07, 6.45) is 2.35. The van der Waals surface area contributed by atoms with Gasteiger partial charge in [-0.3, -0.25) is 0 Å². The summed E-state index contributed by atoms with van der Waals surface area (Å²) < 4.78 is 0. The molecule has 0 fully saturated rings. The fourth-order valence-electron chi connectivity index (χ4n) is 1.20. The number of hydrogen-bond donors (Lipinski definition) is 0. The maximum atomic E-state index is 2.39. The molecule has 76 valence electrons. The molecule has 0 aliphatic rings. The molecule has 0 aromatic heterocycles. The van der Waals surface area contributed by atoms with Gasteiger partial charge in [-0.15, -0.1) is 0 Å². The van der Waals surface area contributed by atoms with Crippen molar-refractivity contribution in [1.29, 1.82) is 0 Å². The van der Waals surface area contributed by atoms with Crippen molar-refractivity contribution in [1.82, 2.24) is 0 Å². The molecule has 0 spiro atoms. The van der Waals surface area contributed by atoms with Crippen molar-refractivity contribution < 1.29 is 0 Å². The van der Waals surface area contributed by atoms with Crippen molar-refractivity contribution in [3.8, 4) is 0 Å². The highest BCUT2D eigenvalue weighted by Gasteiger charge is 2.15. The van der Waals surface area contributed by atoms with Crippen LogP contribution in [0, 0.1) is 6.92 Å². The van der Waals surface area contributed by atoms with E-state index in [9.17, 15) is 0 Å². The SMILES string of the molecule is C/C(=C\c1ccccc1C)[Si](C)(C)C. The fraction of sp³-hybridized carbons (Fsp3) is 0.385. The standard InChI is InChI=1S/C13H20Si/c1-11-8-6-7-9-13(11)10-12(2)14(3,4)5/h6-10H,1-5H3/b12-10+. The third-order valence-electron chi connectivity index (χ3n) is 2.74. The average Bonchev–Trinajstić information content (AvgIpc) is 2.07. The summed E-state index contributed by atoms with van der Waals surface area (Å²) in [5, 5.41) is 1.56. The van der Waals surface area contributed by atoms with Crippen molar-refractivity contribution in [2.45, 2.75) is 33.5 Å². The van der Waals surface area contributed by atoms with Crippen LogP contribution < -0.4 is 0 Å². The van der Waals surface area contributed by atoms with E-state index in [-0.39, 0.29) is 0 Å². The minimum atomic E-state index is -1.11. The van der Waals surface area contributed by atoms with E-state index in [0.29, 0.717) is 0 Å². The molecule has 0 radical (unpaired) electrons. The van der Waals surface area contributed by atoms with E-state index in [2.05, 4.69) is 63.8 Å². The van der Waals surface area contributed by atoms with E-state index >= 15 is 0 Å². The molecule has 0 bridgehead atoms. The Balaban J connectivity index is 3.04. The van der Waals surface area contributed by atoms with Crippen LogP contribution in [0.1, 0.15) is 18.1 Å². The highest BCUT2D eigenvalue weighted by atomic mass is 28.3. The van der Waals surface area contributed by atoms with Crippen LogP contribution in [0.4, 0.5) is 0 Å². The number of rotatable bonds is 2. The van der Waals surface area contributed by atoms with Gasteiger partial charge in [-0.25, -0.2) is 0 Å². The lowest BCUT2D eigenvalue weighted by molar-refractivity contribution is 1.43. The van der Waals surface area contributed by atoms with Crippen molar-refractivity contribution in [3.63, 3.8) is 0 Å². The zero-order chi connectivity index (χ0) is 10.8. The Bertz CT molecular complexity index is 342. The van der Waals surface area contributed by atoms with Crippen LogP contribution in [0.5, 0.6) is 0 Å². The van der Waals surface area contributed by atoms with E-state index in [1.807, 2.05) is 0 Å². The van der Waals surface area contributed by atoms with Gasteiger partial charge in [0, 0.05) is 0 Å². The monoisotopic (exact) mass is 204 g/mol. The lowest BCUT2D eigenvalue weighted by atomic mass is 10.1. The molecule has 0 amide bonds. The van der Waals surface area contributed by atoms with Gasteiger partial charge in [-0.05, 0) is 25.0 Å². The summed E-state index contributed by atoms with van der Waals surface area (Å²) in [4.78, 5) is 0. The molecule has 1 aromatic rings. The third kappa shape index (κ3) is 2.84. The van der Waals surface area contributed by atoms with Crippen LogP contribution in [-0.4, -0.2) is 8.07 Å². The smallest absolute Gasteiger partial charge is 0.0720 e. The van der Waals surface area contributed by atoms with Gasteiger partial charge in [0.2, 0.25) is 0 Å². The normalized spacial score (nSPS) is 13.1. The van der Waals surface area contributed by atoms with Crippen LogP contribution in [0.3, 0.4) is 0 Å². The predicted molar refractivity (Wildman–Crippen MR) is 68.2 cm³/mol. The molecule has 0 heterocycles. The summed E-state index contributed by atoms with van der Waals surface area (Å²) in [7, 11) is -1.11. The van der Waals surface area contributed by atoms with E-state index in [1.165, 1.54) is 11.1 Å². The first-order valence-corrected chi connectivity index (χ1v) is 8.65. The quantitative estimate of drug-likeness (QED) is 0.631. The molecule has 0 N–H and O–H groups in total. The maximum absolute atomic E-state index is 2.39. The summed E-state index contributed by atoms with van der Waals surface area (Å²) >= 11 is 0. The minimum Gasteiger partial charge on any atom is -0.0835 e. The van der Waals surface area contributed by atoms with Crippen molar-refractivity contribution in [2.24, 2.45) is 0 Å². The van der Waals surface area contributed by atoms with Crippen LogP contribution in [0.15, 0.2) is 29.5 Å². The maximum Gasteiger partial charge on any atom is 0.0720 e. The number of aryl methyl sites for hydroxylation is 1. The van der Waals surface area contributed by atoms with E-state index in [0.717, 1.165) is 0 Å². The van der Waals surface area contributed by atoms with Crippen LogP contribution in [-0.2, 0) is 0 Å². The van der Waals surface area contributed by atoms with Gasteiger partial charge >= 0.3 is 0 Å². The second-order valence-electron chi connectivity index (χ2n) is 4.93. The highest BCUT2D eigenvalue weighted by molar-refractivity contribution is 6.83. The lowest BCUT2D eigenvalue weighted by Gasteiger charge is -2.17. The zero-order valence-corrected chi connectivity index (χ0v) is 10.9. The summed E-state index contributed by atoms with van der Waals surface area (Å²) in [6, 6.07) is 8.56. The Labute approximate surface area is 88.7 Å². The Kier molecular flexibility index (Phi) is 3.32. The van der Waals surface area contributed by atoms with Crippen molar-refractivity contribution >= 4 is 14.1 Å². The first-order chi connectivity index (χ1) is 6.41. The predicted octanol–water partition coefficient (Wildman–Crippen LogP) is 4.28. The molecule has 14 heavy (non-hydrogen) atoms. The summed E-state index contributed by atoms with van der Waals surface area (Å²) in [6.45, 7) is 11.6. The van der Waals surface area contributed by atoms with Gasteiger partial charge in [0.05, 0.1) is 8.07 Å². The van der Waals surface area contributed by atoms with Crippen LogP contribution >= 0.6 is 0 Å². The van der Waals surface area contributed by atoms with Gasteiger partial charge in [-0.2, -0.15) is 0 Å². The second-order valence-corrected chi connectivity index (χ2v) is 10.2. The average molecular weight is 204 g/mol. The lowest BCUT2D eigenvalue weighted by Crippen LogP contribution is -2.21. The topological polar surface area (TPSA) is 0 Å². The van der Waals surface area contributed by atoms with Crippen LogP contribution in [0.2, 0.25) is 19.6 Å². The Morgan fingerprint density at radius 2 is 1.71 bits per heavy atom. The Morgan fingerprint density at radius 1 is 1.14 bits per heavy atom. The molecule has 0 nitrogen and oxygen atoms in total. The van der Waals surface area contributed by atoms with Gasteiger partial charge in [0.25, 0.3) is 0 Å².